The van der Waals surface area contributed by atoms with Gasteiger partial charge in [-0.05, 0) is 36.8 Å². The second-order valence-corrected chi connectivity index (χ2v) is 9.59. The van der Waals surface area contributed by atoms with Gasteiger partial charge in [0.15, 0.2) is 0 Å². The molecule has 9 heteroatoms. The molecule has 1 aliphatic rings. The first-order valence-electron chi connectivity index (χ1n) is 11.1. The summed E-state index contributed by atoms with van der Waals surface area (Å²) in [5.41, 5.74) is 2.98. The number of nitro benzene ring substituents is 1. The van der Waals surface area contributed by atoms with Crippen LogP contribution in [0.1, 0.15) is 38.2 Å². The molecule has 1 saturated heterocycles. The number of non-ortho nitro benzene ring substituents is 1. The fourth-order valence-electron chi connectivity index (χ4n) is 3.70. The molecular formula is C25H24N4O3S2. The molecule has 0 aliphatic carbocycles. The van der Waals surface area contributed by atoms with Gasteiger partial charge in [-0.15, -0.1) is 0 Å². The summed E-state index contributed by atoms with van der Waals surface area (Å²) in [7, 11) is 0. The Morgan fingerprint density at radius 1 is 1.09 bits per heavy atom. The van der Waals surface area contributed by atoms with Crippen LogP contribution in [0.4, 0.5) is 5.69 Å². The highest BCUT2D eigenvalue weighted by Gasteiger charge is 2.32. The Bertz CT molecular complexity index is 1240. The lowest BCUT2D eigenvalue weighted by Crippen LogP contribution is -2.29. The molecule has 0 bridgehead atoms. The molecule has 1 fully saturated rings. The summed E-state index contributed by atoms with van der Waals surface area (Å²) in [6, 6.07) is 15.9. The van der Waals surface area contributed by atoms with E-state index in [1.807, 2.05) is 42.6 Å². The summed E-state index contributed by atoms with van der Waals surface area (Å²) in [4.78, 5) is 25.9. The van der Waals surface area contributed by atoms with Gasteiger partial charge < -0.3 is 0 Å². The van der Waals surface area contributed by atoms with Crippen molar-refractivity contribution in [2.45, 2.75) is 32.6 Å². The Hall–Kier alpha value is -3.30. The van der Waals surface area contributed by atoms with Gasteiger partial charge in [-0.2, -0.15) is 5.10 Å². The van der Waals surface area contributed by atoms with Gasteiger partial charge in [0.1, 0.15) is 4.32 Å². The lowest BCUT2D eigenvalue weighted by Gasteiger charge is -2.13. The summed E-state index contributed by atoms with van der Waals surface area (Å²) in [6.07, 6.45) is 7.94. The second kappa shape index (κ2) is 10.8. The zero-order chi connectivity index (χ0) is 24.1. The summed E-state index contributed by atoms with van der Waals surface area (Å²) < 4.78 is 2.31. The van der Waals surface area contributed by atoms with Gasteiger partial charge in [-0.3, -0.25) is 19.8 Å². The number of unbranched alkanes of at least 4 members (excludes halogenated alkanes) is 3. The Morgan fingerprint density at radius 3 is 2.50 bits per heavy atom. The van der Waals surface area contributed by atoms with E-state index < -0.39 is 4.92 Å². The van der Waals surface area contributed by atoms with Crippen LogP contribution in [-0.2, 0) is 4.79 Å². The van der Waals surface area contributed by atoms with E-state index in [0.29, 0.717) is 21.5 Å². The van der Waals surface area contributed by atoms with Crippen LogP contribution in [-0.4, -0.2) is 36.4 Å². The zero-order valence-corrected chi connectivity index (χ0v) is 20.3. The van der Waals surface area contributed by atoms with Crippen LogP contribution in [0.5, 0.6) is 0 Å². The smallest absolute Gasteiger partial charge is 0.269 e. The Kier molecular flexibility index (Phi) is 7.54. The monoisotopic (exact) mass is 492 g/mol. The van der Waals surface area contributed by atoms with Crippen LogP contribution in [0.2, 0.25) is 0 Å². The van der Waals surface area contributed by atoms with E-state index in [9.17, 15) is 14.9 Å². The number of aromatic nitrogens is 2. The van der Waals surface area contributed by atoms with Crippen molar-refractivity contribution in [1.29, 1.82) is 0 Å². The average Bonchev–Trinajstić information content (AvgIpc) is 3.38. The second-order valence-electron chi connectivity index (χ2n) is 7.91. The van der Waals surface area contributed by atoms with Crippen molar-refractivity contribution in [3.05, 3.63) is 81.4 Å². The molecule has 0 radical (unpaired) electrons. The van der Waals surface area contributed by atoms with Crippen molar-refractivity contribution >= 4 is 46.0 Å². The SMILES string of the molecule is CCCCCCN1C(=O)/C(=C\c2cn(-c3ccccc3)nc2-c2ccc([N+](=O)[O-])cc2)SC1=S. The van der Waals surface area contributed by atoms with Gasteiger partial charge in [-0.1, -0.05) is 68.4 Å². The lowest BCUT2D eigenvalue weighted by molar-refractivity contribution is -0.384. The molecule has 0 atom stereocenters. The van der Waals surface area contributed by atoms with Crippen LogP contribution in [0.3, 0.4) is 0 Å². The molecule has 0 N–H and O–H groups in total. The standard InChI is InChI=1S/C25H24N4O3S2/c1-2-3-4-8-15-27-24(30)22(34-25(27)33)16-19-17-28(20-9-6-5-7-10-20)26-23(19)18-11-13-21(14-12-18)29(31)32/h5-7,9-14,16-17H,2-4,8,15H2,1H3/b22-16+. The molecule has 1 amide bonds. The van der Waals surface area contributed by atoms with Crippen molar-refractivity contribution in [3.63, 3.8) is 0 Å². The minimum atomic E-state index is -0.431. The molecule has 0 unspecified atom stereocenters. The van der Waals surface area contributed by atoms with Crippen LogP contribution in [0.25, 0.3) is 23.0 Å². The van der Waals surface area contributed by atoms with Crippen molar-refractivity contribution in [2.24, 2.45) is 0 Å². The van der Waals surface area contributed by atoms with Crippen LogP contribution in [0, 0.1) is 10.1 Å². The Balaban J connectivity index is 1.68. The maximum Gasteiger partial charge on any atom is 0.269 e. The average molecular weight is 493 g/mol. The summed E-state index contributed by atoms with van der Waals surface area (Å²) >= 11 is 6.78. The number of carbonyl (C=O) groups is 1. The Labute approximate surface area is 207 Å². The first kappa shape index (κ1) is 23.8. The third-order valence-corrected chi connectivity index (χ3v) is 6.89. The number of amides is 1. The topological polar surface area (TPSA) is 81.3 Å². The van der Waals surface area contributed by atoms with E-state index in [-0.39, 0.29) is 11.6 Å². The number of nitrogens with zero attached hydrogens (tertiary/aromatic N) is 4. The number of hydrogen-bond acceptors (Lipinski definition) is 6. The van der Waals surface area contributed by atoms with E-state index in [4.69, 9.17) is 17.3 Å². The number of thioether (sulfide) groups is 1. The highest BCUT2D eigenvalue weighted by Crippen LogP contribution is 2.35. The molecule has 174 valence electrons. The third kappa shape index (κ3) is 5.26. The van der Waals surface area contributed by atoms with E-state index >= 15 is 0 Å². The fourth-order valence-corrected chi connectivity index (χ4v) is 5.00. The van der Waals surface area contributed by atoms with Crippen molar-refractivity contribution in [1.82, 2.24) is 14.7 Å². The van der Waals surface area contributed by atoms with Crippen molar-refractivity contribution in [2.75, 3.05) is 6.54 Å². The summed E-state index contributed by atoms with van der Waals surface area (Å²) in [6.45, 7) is 2.78. The van der Waals surface area contributed by atoms with Gasteiger partial charge in [0.05, 0.1) is 21.2 Å². The van der Waals surface area contributed by atoms with Crippen LogP contribution >= 0.6 is 24.0 Å². The minimum Gasteiger partial charge on any atom is -0.293 e. The van der Waals surface area contributed by atoms with Gasteiger partial charge in [0.25, 0.3) is 11.6 Å². The highest BCUT2D eigenvalue weighted by atomic mass is 32.2. The van der Waals surface area contributed by atoms with Gasteiger partial charge in [-0.25, -0.2) is 4.68 Å². The molecule has 0 spiro atoms. The van der Waals surface area contributed by atoms with E-state index in [2.05, 4.69) is 6.92 Å². The largest absolute Gasteiger partial charge is 0.293 e. The molecule has 2 aromatic carbocycles. The highest BCUT2D eigenvalue weighted by molar-refractivity contribution is 8.26. The number of benzene rings is 2. The molecular weight excluding hydrogens is 468 g/mol. The molecule has 0 saturated carbocycles. The van der Waals surface area contributed by atoms with Gasteiger partial charge >= 0.3 is 0 Å². The maximum absolute atomic E-state index is 13.1. The first-order valence-corrected chi connectivity index (χ1v) is 12.4. The zero-order valence-electron chi connectivity index (χ0n) is 18.7. The van der Waals surface area contributed by atoms with Crippen molar-refractivity contribution < 1.29 is 9.72 Å². The van der Waals surface area contributed by atoms with Crippen LogP contribution < -0.4 is 0 Å². The molecule has 1 aromatic heterocycles. The Morgan fingerprint density at radius 2 is 1.82 bits per heavy atom. The summed E-state index contributed by atoms with van der Waals surface area (Å²) in [5.74, 6) is -0.0893. The first-order chi connectivity index (χ1) is 16.5. The van der Waals surface area contributed by atoms with E-state index in [1.165, 1.54) is 23.9 Å². The predicted molar refractivity (Wildman–Crippen MR) is 140 cm³/mol. The fraction of sp³-hybridized carbons (Fsp3) is 0.240. The van der Waals surface area contributed by atoms with Crippen LogP contribution in [0.15, 0.2) is 65.7 Å². The number of hydrogen-bond donors (Lipinski definition) is 0. The van der Waals surface area contributed by atoms with Crippen molar-refractivity contribution in [3.8, 4) is 16.9 Å². The molecule has 1 aliphatic heterocycles. The van der Waals surface area contributed by atoms with E-state index in [1.54, 1.807) is 21.7 Å². The minimum absolute atomic E-state index is 0.0109. The molecule has 3 aromatic rings. The number of nitro groups is 1. The third-order valence-electron chi connectivity index (χ3n) is 5.51. The summed E-state index contributed by atoms with van der Waals surface area (Å²) in [5, 5.41) is 15.8. The maximum atomic E-state index is 13.1. The number of thiocarbonyl (C=S) groups is 1. The number of carbonyl (C=O) groups excluding carboxylic acids is 1. The van der Waals surface area contributed by atoms with E-state index in [0.717, 1.165) is 42.5 Å². The molecule has 34 heavy (non-hydrogen) atoms. The molecule has 2 heterocycles. The lowest BCUT2D eigenvalue weighted by atomic mass is 10.1. The van der Waals surface area contributed by atoms with Gasteiger partial charge in [0, 0.05) is 36.0 Å². The van der Waals surface area contributed by atoms with Gasteiger partial charge in [0.2, 0.25) is 0 Å². The number of rotatable bonds is 9. The molecule has 4 rings (SSSR count). The molecule has 7 nitrogen and oxygen atoms in total. The quantitative estimate of drug-likeness (QED) is 0.116. The normalized spacial score (nSPS) is 14.9. The predicted octanol–water partition coefficient (Wildman–Crippen LogP) is 6.23. The number of para-hydroxylation sites is 1.